The number of hydrogen-bond acceptors (Lipinski definition) is 2. The molecule has 1 aromatic rings. The number of benzene rings is 1. The highest BCUT2D eigenvalue weighted by Gasteiger charge is 2.18. The highest BCUT2D eigenvalue weighted by Crippen LogP contribution is 2.24. The first-order chi connectivity index (χ1) is 6.99. The molecule has 0 aromatic heterocycles. The monoisotopic (exact) mass is 270 g/mol. The molecule has 80 valence electrons. The van der Waals surface area contributed by atoms with Gasteiger partial charge in [0.15, 0.2) is 0 Å². The van der Waals surface area contributed by atoms with E-state index in [1.165, 1.54) is 6.07 Å². The number of rotatable bonds is 3. The predicted octanol–water partition coefficient (Wildman–Crippen LogP) is 2.59. The van der Waals surface area contributed by atoms with Crippen LogP contribution in [0.4, 0.5) is 0 Å². The lowest BCUT2D eigenvalue weighted by molar-refractivity contribution is -0.131. The Kier molecular flexibility index (Phi) is 3.63. The third kappa shape index (κ3) is 2.26. The van der Waals surface area contributed by atoms with Crippen molar-refractivity contribution < 1.29 is 14.7 Å². The molecule has 1 N–H and O–H groups in total. The Hall–Kier alpha value is -1.16. The molecule has 0 bridgehead atoms. The average Bonchev–Trinajstić information content (AvgIpc) is 2.17. The Morgan fingerprint density at radius 3 is 2.47 bits per heavy atom. The summed E-state index contributed by atoms with van der Waals surface area (Å²) in [7, 11) is 0. The number of aliphatic carboxylic acids is 1. The Morgan fingerprint density at radius 2 is 2.00 bits per heavy atom. The zero-order chi connectivity index (χ0) is 11.6. The van der Waals surface area contributed by atoms with E-state index in [2.05, 4.69) is 15.9 Å². The maximum Gasteiger partial charge on any atom is 0.377 e. The number of halogens is 1. The molecule has 0 fully saturated rings. The van der Waals surface area contributed by atoms with Crippen molar-refractivity contribution in [2.24, 2.45) is 0 Å². The maximum absolute atomic E-state index is 11.3. The number of Topliss-reactive ketones (excluding diaryl/α,β-unsaturated/α-hetero) is 1. The lowest BCUT2D eigenvalue weighted by Gasteiger charge is -2.09. The molecular weight excluding hydrogens is 260 g/mol. The number of carboxylic acid groups (broad SMARTS) is 1. The quantitative estimate of drug-likeness (QED) is 0.679. The lowest BCUT2D eigenvalue weighted by atomic mass is 9.98. The number of hydrogen-bond donors (Lipinski definition) is 1. The number of carboxylic acids is 1. The van der Waals surface area contributed by atoms with Gasteiger partial charge in [0.25, 0.3) is 5.78 Å². The van der Waals surface area contributed by atoms with Crippen LogP contribution in [0, 0.1) is 6.92 Å². The molecule has 0 radical (unpaired) electrons. The van der Waals surface area contributed by atoms with Crippen LogP contribution < -0.4 is 0 Å². The van der Waals surface area contributed by atoms with Crippen LogP contribution in [-0.4, -0.2) is 16.9 Å². The highest BCUT2D eigenvalue weighted by atomic mass is 79.9. The van der Waals surface area contributed by atoms with Gasteiger partial charge in [0.05, 0.1) is 0 Å². The minimum absolute atomic E-state index is 0.266. The van der Waals surface area contributed by atoms with Crippen LogP contribution in [-0.2, 0) is 11.2 Å². The van der Waals surface area contributed by atoms with Crippen LogP contribution in [0.1, 0.15) is 28.4 Å². The van der Waals surface area contributed by atoms with E-state index in [0.717, 1.165) is 22.0 Å². The van der Waals surface area contributed by atoms with E-state index in [1.807, 2.05) is 6.92 Å². The molecule has 0 aliphatic rings. The summed E-state index contributed by atoms with van der Waals surface area (Å²) in [5, 5.41) is 8.63. The van der Waals surface area contributed by atoms with Gasteiger partial charge >= 0.3 is 5.97 Å². The van der Waals surface area contributed by atoms with Gasteiger partial charge in [-0.2, -0.15) is 0 Å². The van der Waals surface area contributed by atoms with Crippen molar-refractivity contribution in [3.8, 4) is 0 Å². The second-order valence-electron chi connectivity index (χ2n) is 3.19. The summed E-state index contributed by atoms with van der Waals surface area (Å²) in [6.07, 6.45) is 0.757. The average molecular weight is 271 g/mol. The topological polar surface area (TPSA) is 54.4 Å². The molecule has 0 spiro atoms. The molecule has 0 unspecified atom stereocenters. The summed E-state index contributed by atoms with van der Waals surface area (Å²) in [6, 6.07) is 3.25. The number of carbonyl (C=O) groups is 2. The van der Waals surface area contributed by atoms with Crippen molar-refractivity contribution in [3.63, 3.8) is 0 Å². The Labute approximate surface area is 96.2 Å². The zero-order valence-electron chi connectivity index (χ0n) is 8.50. The van der Waals surface area contributed by atoms with Crippen molar-refractivity contribution in [1.82, 2.24) is 0 Å². The fourth-order valence-electron chi connectivity index (χ4n) is 1.52. The van der Waals surface area contributed by atoms with E-state index in [1.54, 1.807) is 13.0 Å². The SMILES string of the molecule is CCc1c(Br)ccc(C(=O)C(=O)O)c1C. The molecule has 0 heterocycles. The standard InChI is InChI=1S/C11H11BrO3/c1-3-7-6(2)8(4-5-9(7)12)10(13)11(14)15/h4-5H,3H2,1-2H3,(H,14,15). The largest absolute Gasteiger partial charge is 0.475 e. The summed E-state index contributed by atoms with van der Waals surface area (Å²) in [4.78, 5) is 21.9. The van der Waals surface area contributed by atoms with Gasteiger partial charge in [-0.1, -0.05) is 22.9 Å². The number of carbonyl (C=O) groups excluding carboxylic acids is 1. The second kappa shape index (κ2) is 4.57. The maximum atomic E-state index is 11.3. The Bertz CT molecular complexity index is 424. The molecule has 0 aliphatic heterocycles. The van der Waals surface area contributed by atoms with Gasteiger partial charge in [-0.25, -0.2) is 4.79 Å². The van der Waals surface area contributed by atoms with Crippen molar-refractivity contribution >= 4 is 27.7 Å². The van der Waals surface area contributed by atoms with Crippen LogP contribution in [0.3, 0.4) is 0 Å². The van der Waals surface area contributed by atoms with E-state index in [4.69, 9.17) is 5.11 Å². The van der Waals surface area contributed by atoms with Crippen molar-refractivity contribution in [2.45, 2.75) is 20.3 Å². The molecule has 3 nitrogen and oxygen atoms in total. The van der Waals surface area contributed by atoms with E-state index in [9.17, 15) is 9.59 Å². The Morgan fingerprint density at radius 1 is 1.40 bits per heavy atom. The van der Waals surface area contributed by atoms with Gasteiger partial charge < -0.3 is 5.11 Å². The summed E-state index contributed by atoms with van der Waals surface area (Å²) >= 11 is 3.37. The van der Waals surface area contributed by atoms with Crippen molar-refractivity contribution in [3.05, 3.63) is 33.3 Å². The summed E-state index contributed by atoms with van der Waals surface area (Å²) in [5.41, 5.74) is 1.98. The van der Waals surface area contributed by atoms with Crippen LogP contribution in [0.25, 0.3) is 0 Å². The minimum atomic E-state index is -1.41. The molecule has 0 aliphatic carbocycles. The molecule has 4 heteroatoms. The van der Waals surface area contributed by atoms with Gasteiger partial charge in [0.2, 0.25) is 0 Å². The molecular formula is C11H11BrO3. The molecule has 1 aromatic carbocycles. The minimum Gasteiger partial charge on any atom is -0.475 e. The Balaban J connectivity index is 3.34. The van der Waals surface area contributed by atoms with Crippen LogP contribution in [0.5, 0.6) is 0 Å². The summed E-state index contributed by atoms with van der Waals surface area (Å²) in [6.45, 7) is 3.72. The molecule has 0 atom stereocenters. The van der Waals surface area contributed by atoms with E-state index >= 15 is 0 Å². The lowest BCUT2D eigenvalue weighted by Crippen LogP contribution is -2.15. The zero-order valence-corrected chi connectivity index (χ0v) is 10.1. The van der Waals surface area contributed by atoms with Gasteiger partial charge in [-0.05, 0) is 36.6 Å². The molecule has 1 rings (SSSR count). The fraction of sp³-hybridized carbons (Fsp3) is 0.273. The van der Waals surface area contributed by atoms with E-state index in [0.29, 0.717) is 0 Å². The molecule has 0 amide bonds. The molecule has 0 saturated heterocycles. The third-order valence-electron chi connectivity index (χ3n) is 2.33. The molecule has 15 heavy (non-hydrogen) atoms. The highest BCUT2D eigenvalue weighted by molar-refractivity contribution is 9.10. The van der Waals surface area contributed by atoms with Gasteiger partial charge in [-0.3, -0.25) is 4.79 Å². The first-order valence-electron chi connectivity index (χ1n) is 4.54. The first kappa shape index (κ1) is 11.9. The second-order valence-corrected chi connectivity index (χ2v) is 4.04. The van der Waals surface area contributed by atoms with Gasteiger partial charge in [0.1, 0.15) is 0 Å². The normalized spacial score (nSPS) is 10.1. The fourth-order valence-corrected chi connectivity index (χ4v) is 2.23. The van der Waals surface area contributed by atoms with E-state index < -0.39 is 11.8 Å². The predicted molar refractivity (Wildman–Crippen MR) is 60.2 cm³/mol. The summed E-state index contributed by atoms with van der Waals surface area (Å²) in [5.74, 6) is -2.27. The van der Waals surface area contributed by atoms with Gasteiger partial charge in [0, 0.05) is 10.0 Å². The van der Waals surface area contributed by atoms with Crippen LogP contribution in [0.2, 0.25) is 0 Å². The van der Waals surface area contributed by atoms with E-state index in [-0.39, 0.29) is 5.56 Å². The summed E-state index contributed by atoms with van der Waals surface area (Å²) < 4.78 is 0.907. The van der Waals surface area contributed by atoms with Crippen molar-refractivity contribution in [2.75, 3.05) is 0 Å². The molecule has 0 saturated carbocycles. The van der Waals surface area contributed by atoms with Crippen molar-refractivity contribution in [1.29, 1.82) is 0 Å². The first-order valence-corrected chi connectivity index (χ1v) is 5.34. The number of ketones is 1. The van der Waals surface area contributed by atoms with Crippen LogP contribution in [0.15, 0.2) is 16.6 Å². The smallest absolute Gasteiger partial charge is 0.377 e. The van der Waals surface area contributed by atoms with Gasteiger partial charge in [-0.15, -0.1) is 0 Å². The third-order valence-corrected chi connectivity index (χ3v) is 3.08. The van der Waals surface area contributed by atoms with Crippen LogP contribution >= 0.6 is 15.9 Å².